The zero-order valence-corrected chi connectivity index (χ0v) is 15.2. The molecule has 3 heterocycles. The highest BCUT2D eigenvalue weighted by molar-refractivity contribution is 7.20. The third-order valence-electron chi connectivity index (χ3n) is 4.09. The average molecular weight is 417 g/mol. The largest absolute Gasteiger partial charge is 0.435 e. The predicted molar refractivity (Wildman–Crippen MR) is 96.1 cm³/mol. The van der Waals surface area contributed by atoms with E-state index in [4.69, 9.17) is 28.0 Å². The van der Waals surface area contributed by atoms with E-state index in [9.17, 15) is 13.2 Å². The van der Waals surface area contributed by atoms with Crippen molar-refractivity contribution in [2.75, 3.05) is 0 Å². The van der Waals surface area contributed by atoms with Crippen molar-refractivity contribution in [3.05, 3.63) is 63.1 Å². The van der Waals surface area contributed by atoms with Crippen LogP contribution < -0.4 is 0 Å². The fourth-order valence-corrected chi connectivity index (χ4v) is 4.34. The van der Waals surface area contributed by atoms with Gasteiger partial charge in [-0.3, -0.25) is 0 Å². The minimum Gasteiger partial charge on any atom is -0.374 e. The summed E-state index contributed by atoms with van der Waals surface area (Å²) in [5.41, 5.74) is -2.59. The van der Waals surface area contributed by atoms with Crippen LogP contribution in [-0.2, 0) is 10.4 Å². The number of benzene rings is 1. The molecule has 0 radical (unpaired) electrons. The SMILES string of the molecule is FC(F)(F)C1(c2cc(Cl)cc(Cl)c2)CC(c2cc3cccnc3s2)=NO1. The van der Waals surface area contributed by atoms with Gasteiger partial charge in [0.25, 0.3) is 5.60 Å². The smallest absolute Gasteiger partial charge is 0.374 e. The van der Waals surface area contributed by atoms with Crippen molar-refractivity contribution in [1.29, 1.82) is 0 Å². The molecule has 1 atom stereocenters. The number of nitrogens with zero attached hydrogens (tertiary/aromatic N) is 2. The third-order valence-corrected chi connectivity index (χ3v) is 5.64. The summed E-state index contributed by atoms with van der Waals surface area (Å²) in [6.07, 6.45) is -3.55. The lowest BCUT2D eigenvalue weighted by Gasteiger charge is -2.29. The van der Waals surface area contributed by atoms with Gasteiger partial charge in [0, 0.05) is 27.2 Å². The molecule has 0 aliphatic carbocycles. The summed E-state index contributed by atoms with van der Waals surface area (Å²) >= 11 is 13.1. The van der Waals surface area contributed by atoms with E-state index in [2.05, 4.69) is 10.1 Å². The van der Waals surface area contributed by atoms with Crippen LogP contribution in [0.15, 0.2) is 47.8 Å². The highest BCUT2D eigenvalue weighted by Crippen LogP contribution is 2.50. The van der Waals surface area contributed by atoms with Crippen molar-refractivity contribution in [3.8, 4) is 0 Å². The summed E-state index contributed by atoms with van der Waals surface area (Å²) in [7, 11) is 0. The quantitative estimate of drug-likeness (QED) is 0.499. The van der Waals surface area contributed by atoms with Crippen LogP contribution in [-0.4, -0.2) is 16.9 Å². The normalized spacial score (nSPS) is 20.3. The number of alkyl halides is 3. The van der Waals surface area contributed by atoms with Crippen molar-refractivity contribution < 1.29 is 18.0 Å². The van der Waals surface area contributed by atoms with Crippen LogP contribution in [0.2, 0.25) is 10.0 Å². The average Bonchev–Trinajstić information content (AvgIpc) is 3.18. The monoisotopic (exact) mass is 416 g/mol. The van der Waals surface area contributed by atoms with Gasteiger partial charge < -0.3 is 4.84 Å². The molecule has 3 nitrogen and oxygen atoms in total. The molecule has 0 saturated carbocycles. The maximum atomic E-state index is 14.0. The van der Waals surface area contributed by atoms with Gasteiger partial charge in [-0.1, -0.05) is 34.4 Å². The molecule has 9 heteroatoms. The number of fused-ring (bicyclic) bond motifs is 1. The second-order valence-corrected chi connectivity index (χ2v) is 7.70. The number of oxime groups is 1. The van der Waals surface area contributed by atoms with Gasteiger partial charge in [0.15, 0.2) is 0 Å². The number of halogens is 5. The van der Waals surface area contributed by atoms with Gasteiger partial charge in [-0.05, 0) is 30.3 Å². The van der Waals surface area contributed by atoms with Gasteiger partial charge in [-0.25, -0.2) is 4.98 Å². The Morgan fingerprint density at radius 2 is 1.85 bits per heavy atom. The maximum Gasteiger partial charge on any atom is 0.435 e. The third kappa shape index (κ3) is 2.84. The molecule has 0 amide bonds. The van der Waals surface area contributed by atoms with Crippen LogP contribution in [0.25, 0.3) is 10.2 Å². The molecule has 1 aliphatic rings. The molecule has 1 aromatic carbocycles. The summed E-state index contributed by atoms with van der Waals surface area (Å²) in [4.78, 5) is 10.5. The summed E-state index contributed by atoms with van der Waals surface area (Å²) < 4.78 is 41.9. The Morgan fingerprint density at radius 1 is 1.12 bits per heavy atom. The molecule has 0 saturated heterocycles. The van der Waals surface area contributed by atoms with Crippen LogP contribution in [0, 0.1) is 0 Å². The Morgan fingerprint density at radius 3 is 2.50 bits per heavy atom. The molecule has 0 fully saturated rings. The minimum atomic E-state index is -4.71. The lowest BCUT2D eigenvalue weighted by Crippen LogP contribution is -2.42. The van der Waals surface area contributed by atoms with Crippen molar-refractivity contribution in [1.82, 2.24) is 4.98 Å². The Bertz CT molecular complexity index is 981. The molecule has 0 spiro atoms. The van der Waals surface area contributed by atoms with Crippen LogP contribution in [0.3, 0.4) is 0 Å². The Labute approximate surface area is 160 Å². The Balaban J connectivity index is 1.77. The topological polar surface area (TPSA) is 34.5 Å². The van der Waals surface area contributed by atoms with E-state index in [1.165, 1.54) is 29.5 Å². The van der Waals surface area contributed by atoms with Gasteiger partial charge in [-0.2, -0.15) is 13.2 Å². The number of thiophene rings is 1. The molecule has 2 aromatic heterocycles. The number of hydrogen-bond acceptors (Lipinski definition) is 4. The molecule has 134 valence electrons. The zero-order chi connectivity index (χ0) is 18.5. The molecule has 0 N–H and O–H groups in total. The van der Waals surface area contributed by atoms with E-state index in [-0.39, 0.29) is 21.3 Å². The second kappa shape index (κ2) is 6.11. The number of pyridine rings is 1. The first-order valence-corrected chi connectivity index (χ1v) is 8.99. The van der Waals surface area contributed by atoms with E-state index in [0.717, 1.165) is 10.2 Å². The van der Waals surface area contributed by atoms with E-state index in [1.54, 1.807) is 18.3 Å². The van der Waals surface area contributed by atoms with Gasteiger partial charge in [0.1, 0.15) is 10.5 Å². The van der Waals surface area contributed by atoms with Gasteiger partial charge in [0.05, 0.1) is 11.3 Å². The van der Waals surface area contributed by atoms with Gasteiger partial charge >= 0.3 is 6.18 Å². The van der Waals surface area contributed by atoms with Crippen LogP contribution in [0.4, 0.5) is 13.2 Å². The highest BCUT2D eigenvalue weighted by Gasteiger charge is 2.62. The molecule has 4 rings (SSSR count). The molecule has 1 aliphatic heterocycles. The van der Waals surface area contributed by atoms with Gasteiger partial charge in [0.2, 0.25) is 0 Å². The molecule has 3 aromatic rings. The summed E-state index contributed by atoms with van der Waals surface area (Å²) in [6.45, 7) is 0. The van der Waals surface area contributed by atoms with Crippen LogP contribution in [0.1, 0.15) is 16.9 Å². The van der Waals surface area contributed by atoms with E-state index >= 15 is 0 Å². The number of aromatic nitrogens is 1. The number of hydrogen-bond donors (Lipinski definition) is 0. The molecular weight excluding hydrogens is 408 g/mol. The molecule has 26 heavy (non-hydrogen) atoms. The van der Waals surface area contributed by atoms with E-state index in [0.29, 0.717) is 4.88 Å². The summed E-state index contributed by atoms with van der Waals surface area (Å²) in [5, 5.41) is 4.78. The Kier molecular flexibility index (Phi) is 4.13. The van der Waals surface area contributed by atoms with Crippen LogP contribution in [0.5, 0.6) is 0 Å². The van der Waals surface area contributed by atoms with E-state index in [1.807, 2.05) is 6.07 Å². The molecular formula is C17H9Cl2F3N2OS. The lowest BCUT2D eigenvalue weighted by molar-refractivity contribution is -0.275. The highest BCUT2D eigenvalue weighted by atomic mass is 35.5. The van der Waals surface area contributed by atoms with E-state index < -0.39 is 18.2 Å². The Hall–Kier alpha value is -1.83. The zero-order valence-electron chi connectivity index (χ0n) is 12.8. The van der Waals surface area contributed by atoms with Crippen LogP contribution >= 0.6 is 34.5 Å². The van der Waals surface area contributed by atoms with Crippen molar-refractivity contribution >= 4 is 50.5 Å². The van der Waals surface area contributed by atoms with Gasteiger partial charge in [-0.15, -0.1) is 11.3 Å². The first kappa shape index (κ1) is 17.6. The fourth-order valence-electron chi connectivity index (χ4n) is 2.84. The standard InChI is InChI=1S/C17H9Cl2F3N2OS/c18-11-5-10(6-12(19)7-11)16(17(20,21)22)8-13(24-25-16)14-4-9-2-1-3-23-15(9)26-14/h1-7H,8H2. The van der Waals surface area contributed by atoms with Crippen molar-refractivity contribution in [2.45, 2.75) is 18.2 Å². The first-order valence-electron chi connectivity index (χ1n) is 7.42. The lowest BCUT2D eigenvalue weighted by atomic mass is 9.88. The van der Waals surface area contributed by atoms with Crippen molar-refractivity contribution in [3.63, 3.8) is 0 Å². The summed E-state index contributed by atoms with van der Waals surface area (Å²) in [5.74, 6) is 0. The predicted octanol–water partition coefficient (Wildman–Crippen LogP) is 6.19. The molecule has 1 unspecified atom stereocenters. The summed E-state index contributed by atoms with van der Waals surface area (Å²) in [6, 6.07) is 9.13. The fraction of sp³-hybridized carbons (Fsp3) is 0.176. The minimum absolute atomic E-state index is 0.0965. The molecule has 0 bridgehead atoms. The first-order chi connectivity index (χ1) is 12.3. The second-order valence-electron chi connectivity index (χ2n) is 5.80. The van der Waals surface area contributed by atoms with Crippen molar-refractivity contribution in [2.24, 2.45) is 5.16 Å². The number of rotatable bonds is 2. The maximum absolute atomic E-state index is 14.0.